The Morgan fingerprint density at radius 3 is 2.38 bits per heavy atom. The largest absolute Gasteiger partial charge is 0.454 e. The SMILES string of the molecule is Cc1ccc(C)c(C(=O)COC(=O)c2ccc(N3C(=O)[C@@H]4CC[C@H](C)C[C@H]4C3=O)cc2)c1. The fourth-order valence-electron chi connectivity index (χ4n) is 4.72. The summed E-state index contributed by atoms with van der Waals surface area (Å²) in [5, 5.41) is 0. The summed E-state index contributed by atoms with van der Waals surface area (Å²) in [4.78, 5) is 51.8. The number of fused-ring (bicyclic) bond motifs is 1. The lowest BCUT2D eigenvalue weighted by Crippen LogP contribution is -2.30. The van der Waals surface area contributed by atoms with E-state index in [9.17, 15) is 19.2 Å². The molecule has 0 radical (unpaired) electrons. The van der Waals surface area contributed by atoms with E-state index in [1.165, 1.54) is 17.0 Å². The molecule has 0 unspecified atom stereocenters. The molecule has 1 saturated carbocycles. The number of Topliss-reactive ketones (excluding diaryl/α,β-unsaturated/α-hetero) is 1. The molecule has 0 bridgehead atoms. The highest BCUT2D eigenvalue weighted by molar-refractivity contribution is 6.22. The number of anilines is 1. The van der Waals surface area contributed by atoms with Crippen molar-refractivity contribution in [1.82, 2.24) is 0 Å². The lowest BCUT2D eigenvalue weighted by molar-refractivity contribution is -0.122. The maximum absolute atomic E-state index is 12.9. The van der Waals surface area contributed by atoms with E-state index < -0.39 is 5.97 Å². The number of ketones is 1. The van der Waals surface area contributed by atoms with Gasteiger partial charge in [-0.2, -0.15) is 0 Å². The molecule has 3 atom stereocenters. The predicted molar refractivity (Wildman–Crippen MR) is 119 cm³/mol. The molecule has 2 amide bonds. The lowest BCUT2D eigenvalue weighted by Gasteiger charge is -2.25. The van der Waals surface area contributed by atoms with Gasteiger partial charge in [-0.05, 0) is 74.9 Å². The number of aryl methyl sites for hydroxylation is 2. The quantitative estimate of drug-likeness (QED) is 0.400. The zero-order chi connectivity index (χ0) is 23.0. The molecule has 1 aliphatic carbocycles. The Hall–Kier alpha value is -3.28. The van der Waals surface area contributed by atoms with Crippen LogP contribution >= 0.6 is 0 Å². The molecule has 0 spiro atoms. The van der Waals surface area contributed by atoms with Crippen molar-refractivity contribution < 1.29 is 23.9 Å². The van der Waals surface area contributed by atoms with Gasteiger partial charge in [0.2, 0.25) is 17.6 Å². The Morgan fingerprint density at radius 2 is 1.66 bits per heavy atom. The summed E-state index contributed by atoms with van der Waals surface area (Å²) >= 11 is 0. The summed E-state index contributed by atoms with van der Waals surface area (Å²) in [5.41, 5.74) is 3.05. The molecule has 6 heteroatoms. The number of hydrogen-bond acceptors (Lipinski definition) is 5. The first-order valence-electron chi connectivity index (χ1n) is 11.0. The molecule has 2 aromatic carbocycles. The number of hydrogen-bond donors (Lipinski definition) is 0. The van der Waals surface area contributed by atoms with E-state index in [-0.39, 0.29) is 41.6 Å². The van der Waals surface area contributed by atoms with Gasteiger partial charge in [0.05, 0.1) is 23.1 Å². The number of nitrogens with zero attached hydrogens (tertiary/aromatic N) is 1. The van der Waals surface area contributed by atoms with Crippen LogP contribution in [0, 0.1) is 31.6 Å². The summed E-state index contributed by atoms with van der Waals surface area (Å²) < 4.78 is 5.20. The van der Waals surface area contributed by atoms with Crippen molar-refractivity contribution in [3.63, 3.8) is 0 Å². The van der Waals surface area contributed by atoms with Gasteiger partial charge in [0, 0.05) is 5.56 Å². The Labute approximate surface area is 187 Å². The van der Waals surface area contributed by atoms with Crippen molar-refractivity contribution in [2.75, 3.05) is 11.5 Å². The van der Waals surface area contributed by atoms with Crippen LogP contribution in [0.3, 0.4) is 0 Å². The first-order valence-corrected chi connectivity index (χ1v) is 11.0. The van der Waals surface area contributed by atoms with Crippen molar-refractivity contribution in [3.05, 3.63) is 64.7 Å². The highest BCUT2D eigenvalue weighted by Crippen LogP contribution is 2.42. The van der Waals surface area contributed by atoms with E-state index >= 15 is 0 Å². The Bertz CT molecular complexity index is 1090. The van der Waals surface area contributed by atoms with Gasteiger partial charge in [0.15, 0.2) is 6.61 Å². The van der Waals surface area contributed by atoms with Gasteiger partial charge in [-0.15, -0.1) is 0 Å². The van der Waals surface area contributed by atoms with Gasteiger partial charge < -0.3 is 4.74 Å². The zero-order valence-corrected chi connectivity index (χ0v) is 18.6. The lowest BCUT2D eigenvalue weighted by atomic mass is 9.76. The summed E-state index contributed by atoms with van der Waals surface area (Å²) in [6.07, 6.45) is 2.44. The highest BCUT2D eigenvalue weighted by Gasteiger charge is 2.49. The Morgan fingerprint density at radius 1 is 0.969 bits per heavy atom. The van der Waals surface area contributed by atoms with E-state index in [0.29, 0.717) is 17.2 Å². The molecule has 4 rings (SSSR count). The average molecular weight is 434 g/mol. The standard InChI is InChI=1S/C26H27NO5/c1-15-4-6-17(3)21(12-15)23(28)14-32-26(31)18-7-9-19(10-8-18)27-24(29)20-11-5-16(2)13-22(20)25(27)30/h4,6-10,12,16,20,22H,5,11,13-14H2,1-3H3/t16-,20+,22+/m0/s1. The number of carbonyl (C=O) groups is 4. The first kappa shape index (κ1) is 21.9. The molecule has 1 aliphatic heterocycles. The molecule has 0 aromatic heterocycles. The predicted octanol–water partition coefficient (Wildman–Crippen LogP) is 4.27. The van der Waals surface area contributed by atoms with Crippen LogP contribution in [-0.2, 0) is 14.3 Å². The van der Waals surface area contributed by atoms with Crippen molar-refractivity contribution in [1.29, 1.82) is 0 Å². The Balaban J connectivity index is 1.42. The number of rotatable bonds is 5. The summed E-state index contributed by atoms with van der Waals surface area (Å²) in [6, 6.07) is 11.8. The fraction of sp³-hybridized carbons (Fsp3) is 0.385. The number of amides is 2. The molecule has 1 heterocycles. The molecule has 0 N–H and O–H groups in total. The van der Waals surface area contributed by atoms with E-state index in [1.54, 1.807) is 18.2 Å². The van der Waals surface area contributed by atoms with Crippen molar-refractivity contribution in [3.8, 4) is 0 Å². The molecule has 32 heavy (non-hydrogen) atoms. The maximum Gasteiger partial charge on any atom is 0.338 e. The van der Waals surface area contributed by atoms with Crippen LogP contribution in [0.4, 0.5) is 5.69 Å². The van der Waals surface area contributed by atoms with Crippen LogP contribution in [0.5, 0.6) is 0 Å². The van der Waals surface area contributed by atoms with Crippen LogP contribution in [0.25, 0.3) is 0 Å². The number of esters is 1. The second-order valence-electron chi connectivity index (χ2n) is 9.01. The minimum absolute atomic E-state index is 0.152. The van der Waals surface area contributed by atoms with E-state index in [2.05, 4.69) is 6.92 Å². The second kappa shape index (κ2) is 8.69. The molecule has 2 aliphatic rings. The van der Waals surface area contributed by atoms with E-state index in [4.69, 9.17) is 4.74 Å². The molecular formula is C26H27NO5. The molecule has 166 valence electrons. The van der Waals surface area contributed by atoms with Gasteiger partial charge in [0.25, 0.3) is 0 Å². The molecule has 2 fully saturated rings. The zero-order valence-electron chi connectivity index (χ0n) is 18.6. The van der Waals surface area contributed by atoms with Crippen molar-refractivity contribution >= 4 is 29.3 Å². The topological polar surface area (TPSA) is 80.8 Å². The smallest absolute Gasteiger partial charge is 0.338 e. The fourth-order valence-corrected chi connectivity index (χ4v) is 4.72. The van der Waals surface area contributed by atoms with Gasteiger partial charge in [-0.1, -0.05) is 24.6 Å². The minimum atomic E-state index is -0.628. The monoisotopic (exact) mass is 433 g/mol. The van der Waals surface area contributed by atoms with Crippen molar-refractivity contribution in [2.45, 2.75) is 40.0 Å². The number of ether oxygens (including phenoxy) is 1. The van der Waals surface area contributed by atoms with E-state index in [0.717, 1.165) is 30.4 Å². The Kier molecular flexibility index (Phi) is 5.96. The minimum Gasteiger partial charge on any atom is -0.454 e. The molecule has 2 aromatic rings. The summed E-state index contributed by atoms with van der Waals surface area (Å²) in [6.45, 7) is 5.50. The number of imide groups is 1. The summed E-state index contributed by atoms with van der Waals surface area (Å²) in [5.74, 6) is -1.23. The number of carbonyl (C=O) groups excluding carboxylic acids is 4. The van der Waals surface area contributed by atoms with Crippen LogP contribution in [0.1, 0.15) is 58.0 Å². The maximum atomic E-state index is 12.9. The van der Waals surface area contributed by atoms with Gasteiger partial charge in [0.1, 0.15) is 0 Å². The number of benzene rings is 2. The van der Waals surface area contributed by atoms with E-state index in [1.807, 2.05) is 26.0 Å². The van der Waals surface area contributed by atoms with Gasteiger partial charge in [-0.3, -0.25) is 19.3 Å². The van der Waals surface area contributed by atoms with Crippen LogP contribution < -0.4 is 4.90 Å². The van der Waals surface area contributed by atoms with Crippen molar-refractivity contribution in [2.24, 2.45) is 17.8 Å². The third-order valence-corrected chi connectivity index (χ3v) is 6.58. The van der Waals surface area contributed by atoms with Gasteiger partial charge >= 0.3 is 5.97 Å². The molecule has 1 saturated heterocycles. The normalized spacial score (nSPS) is 22.6. The molecule has 6 nitrogen and oxygen atoms in total. The first-order chi connectivity index (χ1) is 15.3. The average Bonchev–Trinajstić information content (AvgIpc) is 3.03. The third kappa shape index (κ3) is 4.09. The molecular weight excluding hydrogens is 406 g/mol. The summed E-state index contributed by atoms with van der Waals surface area (Å²) in [7, 11) is 0. The van der Waals surface area contributed by atoms with Crippen LogP contribution in [-0.4, -0.2) is 30.2 Å². The van der Waals surface area contributed by atoms with Crippen LogP contribution in [0.15, 0.2) is 42.5 Å². The second-order valence-corrected chi connectivity index (χ2v) is 9.01. The van der Waals surface area contributed by atoms with Crippen LogP contribution in [0.2, 0.25) is 0 Å². The van der Waals surface area contributed by atoms with Gasteiger partial charge in [-0.25, -0.2) is 4.79 Å². The third-order valence-electron chi connectivity index (χ3n) is 6.58. The highest BCUT2D eigenvalue weighted by atomic mass is 16.5.